The molecule has 0 radical (unpaired) electrons. The molecule has 1 heterocycles. The van der Waals surface area contributed by atoms with E-state index in [1.807, 2.05) is 0 Å². The normalized spacial score (nSPS) is 11.5. The molecule has 0 saturated carbocycles. The van der Waals surface area contributed by atoms with E-state index >= 15 is 0 Å². The highest BCUT2D eigenvalue weighted by Gasteiger charge is 2.34. The quantitative estimate of drug-likeness (QED) is 0.330. The number of nitrogens with one attached hydrogen (secondary N) is 1. The fourth-order valence-corrected chi connectivity index (χ4v) is 2.86. The summed E-state index contributed by atoms with van der Waals surface area (Å²) in [5.41, 5.74) is 0.501. The number of nitrogens with zero attached hydrogens (tertiary/aromatic N) is 2. The van der Waals surface area contributed by atoms with Gasteiger partial charge in [-0.25, -0.2) is 14.4 Å². The van der Waals surface area contributed by atoms with Crippen LogP contribution < -0.4 is 5.32 Å². The van der Waals surface area contributed by atoms with Crippen molar-refractivity contribution >= 4 is 23.5 Å². The van der Waals surface area contributed by atoms with Crippen molar-refractivity contribution in [1.29, 1.82) is 0 Å². The number of amides is 1. The van der Waals surface area contributed by atoms with Gasteiger partial charge >= 0.3 is 6.18 Å². The number of carbonyl (C=O) groups excluding carboxylic acids is 2. The monoisotopic (exact) mass is 443 g/mol. The first-order valence-corrected chi connectivity index (χ1v) is 9.37. The summed E-state index contributed by atoms with van der Waals surface area (Å²) in [6.45, 7) is 1.73. The highest BCUT2D eigenvalue weighted by molar-refractivity contribution is 6.04. The molecular formula is C23H17F4N3O2. The molecule has 3 rings (SSSR count). The van der Waals surface area contributed by atoms with Crippen molar-refractivity contribution in [3.8, 4) is 0 Å². The molecule has 0 aliphatic rings. The third-order valence-electron chi connectivity index (χ3n) is 4.53. The first-order valence-electron chi connectivity index (χ1n) is 9.37. The van der Waals surface area contributed by atoms with E-state index in [1.54, 1.807) is 13.0 Å². The number of alkyl halides is 3. The topological polar surface area (TPSA) is 72.0 Å². The molecule has 0 fully saturated rings. The van der Waals surface area contributed by atoms with Crippen LogP contribution in [0.3, 0.4) is 0 Å². The van der Waals surface area contributed by atoms with Crippen LogP contribution >= 0.6 is 0 Å². The number of Topliss-reactive ketones (excluding diaryl/α,β-unsaturated/α-hetero) is 1. The highest BCUT2D eigenvalue weighted by atomic mass is 19.4. The van der Waals surface area contributed by atoms with E-state index in [2.05, 4.69) is 15.3 Å². The largest absolute Gasteiger partial charge is 0.419 e. The third-order valence-corrected chi connectivity index (χ3v) is 4.53. The number of anilines is 1. The van der Waals surface area contributed by atoms with Gasteiger partial charge in [0.1, 0.15) is 12.1 Å². The zero-order valence-corrected chi connectivity index (χ0v) is 16.8. The summed E-state index contributed by atoms with van der Waals surface area (Å²) in [5.74, 6) is -2.32. The molecule has 0 saturated heterocycles. The predicted molar refractivity (Wildman–Crippen MR) is 110 cm³/mol. The Morgan fingerprint density at radius 1 is 1.06 bits per heavy atom. The molecular weight excluding hydrogens is 426 g/mol. The van der Waals surface area contributed by atoms with E-state index < -0.39 is 29.2 Å². The number of carbonyl (C=O) groups is 2. The molecule has 0 aliphatic carbocycles. The standard InChI is InChI=1S/C23H17F4N3O2/c1-14-2-5-17(10-20(14)30-22(32)7-4-16-11-28-13-29-12-16)21(31)9-15-3-6-19(24)18(8-15)23(25,26)27/h2-8,10-13H,9H2,1H3,(H,30,32)/b7-4+. The molecule has 0 bridgehead atoms. The molecule has 0 unspecified atom stereocenters. The molecule has 1 N–H and O–H groups in total. The average Bonchev–Trinajstić information content (AvgIpc) is 2.75. The van der Waals surface area contributed by atoms with Gasteiger partial charge in [-0.1, -0.05) is 18.2 Å². The molecule has 2 aromatic carbocycles. The number of hydrogen-bond donors (Lipinski definition) is 1. The van der Waals surface area contributed by atoms with Crippen molar-refractivity contribution in [2.24, 2.45) is 0 Å². The Bertz CT molecular complexity index is 1180. The minimum atomic E-state index is -4.86. The predicted octanol–water partition coefficient (Wildman–Crippen LogP) is 5.02. The maximum atomic E-state index is 13.5. The summed E-state index contributed by atoms with van der Waals surface area (Å²) in [6.07, 6.45) is 2.01. The summed E-state index contributed by atoms with van der Waals surface area (Å²) in [5, 5.41) is 2.66. The molecule has 164 valence electrons. The number of aromatic nitrogens is 2. The van der Waals surface area contributed by atoms with Gasteiger partial charge in [-0.15, -0.1) is 0 Å². The summed E-state index contributed by atoms with van der Waals surface area (Å²) in [7, 11) is 0. The molecule has 1 aromatic heterocycles. The zero-order chi connectivity index (χ0) is 23.3. The summed E-state index contributed by atoms with van der Waals surface area (Å²) in [6, 6.07) is 7.03. The van der Waals surface area contributed by atoms with Gasteiger partial charge in [0.15, 0.2) is 5.78 Å². The van der Waals surface area contributed by atoms with Crippen molar-refractivity contribution in [1.82, 2.24) is 9.97 Å². The highest BCUT2D eigenvalue weighted by Crippen LogP contribution is 2.32. The Hall–Kier alpha value is -3.88. The molecule has 1 amide bonds. The number of hydrogen-bond acceptors (Lipinski definition) is 4. The van der Waals surface area contributed by atoms with Gasteiger partial charge in [-0.3, -0.25) is 9.59 Å². The van der Waals surface area contributed by atoms with Gasteiger partial charge in [0.05, 0.1) is 5.56 Å². The van der Waals surface area contributed by atoms with Gasteiger partial charge in [0, 0.05) is 41.7 Å². The van der Waals surface area contributed by atoms with Crippen molar-refractivity contribution in [3.05, 3.63) is 94.8 Å². The van der Waals surface area contributed by atoms with Gasteiger partial charge in [0.2, 0.25) is 5.91 Å². The maximum absolute atomic E-state index is 13.5. The summed E-state index contributed by atoms with van der Waals surface area (Å²) in [4.78, 5) is 32.5. The van der Waals surface area contributed by atoms with E-state index in [0.717, 1.165) is 6.07 Å². The van der Waals surface area contributed by atoms with Gasteiger partial charge < -0.3 is 5.32 Å². The van der Waals surface area contributed by atoms with Gasteiger partial charge in [0.25, 0.3) is 0 Å². The van der Waals surface area contributed by atoms with Gasteiger partial charge in [-0.05, 0) is 42.3 Å². The van der Waals surface area contributed by atoms with Crippen LogP contribution in [0.1, 0.15) is 32.6 Å². The number of benzene rings is 2. The fourth-order valence-electron chi connectivity index (χ4n) is 2.86. The lowest BCUT2D eigenvalue weighted by molar-refractivity contribution is -0.140. The molecule has 9 heteroatoms. The Morgan fingerprint density at radius 2 is 1.78 bits per heavy atom. The smallest absolute Gasteiger partial charge is 0.322 e. The van der Waals surface area contributed by atoms with E-state index in [-0.39, 0.29) is 17.5 Å². The summed E-state index contributed by atoms with van der Waals surface area (Å²) < 4.78 is 52.2. The molecule has 5 nitrogen and oxygen atoms in total. The first-order chi connectivity index (χ1) is 15.1. The lowest BCUT2D eigenvalue weighted by Gasteiger charge is -2.11. The molecule has 0 spiro atoms. The van der Waals surface area contributed by atoms with E-state index in [0.29, 0.717) is 28.9 Å². The van der Waals surface area contributed by atoms with Crippen LogP contribution in [0.4, 0.5) is 23.2 Å². The molecule has 0 atom stereocenters. The zero-order valence-electron chi connectivity index (χ0n) is 16.8. The van der Waals surface area contributed by atoms with Crippen LogP contribution in [0.5, 0.6) is 0 Å². The second-order valence-electron chi connectivity index (χ2n) is 6.94. The Kier molecular flexibility index (Phi) is 6.77. The second-order valence-corrected chi connectivity index (χ2v) is 6.94. The van der Waals surface area contributed by atoms with Crippen LogP contribution in [0.25, 0.3) is 6.08 Å². The fraction of sp³-hybridized carbons (Fsp3) is 0.130. The average molecular weight is 443 g/mol. The summed E-state index contributed by atoms with van der Waals surface area (Å²) >= 11 is 0. The minimum absolute atomic E-state index is 0.0305. The number of halogens is 4. The number of rotatable bonds is 6. The Morgan fingerprint density at radius 3 is 2.47 bits per heavy atom. The molecule has 3 aromatic rings. The molecule has 0 aliphatic heterocycles. The van der Waals surface area contributed by atoms with Crippen molar-refractivity contribution < 1.29 is 27.2 Å². The van der Waals surface area contributed by atoms with Crippen molar-refractivity contribution in [2.75, 3.05) is 5.32 Å². The lowest BCUT2D eigenvalue weighted by Crippen LogP contribution is -2.12. The Balaban J connectivity index is 1.74. The maximum Gasteiger partial charge on any atom is 0.419 e. The minimum Gasteiger partial charge on any atom is -0.322 e. The van der Waals surface area contributed by atoms with Crippen molar-refractivity contribution in [3.63, 3.8) is 0 Å². The van der Waals surface area contributed by atoms with Gasteiger partial charge in [-0.2, -0.15) is 13.2 Å². The van der Waals surface area contributed by atoms with E-state index in [9.17, 15) is 27.2 Å². The van der Waals surface area contributed by atoms with Crippen LogP contribution in [0.15, 0.2) is 61.2 Å². The first kappa shape index (κ1) is 22.8. The Labute approximate surface area is 180 Å². The van der Waals surface area contributed by atoms with Crippen LogP contribution in [0.2, 0.25) is 0 Å². The van der Waals surface area contributed by atoms with Crippen molar-refractivity contribution in [2.45, 2.75) is 19.5 Å². The number of ketones is 1. The molecule has 32 heavy (non-hydrogen) atoms. The van der Waals surface area contributed by atoms with E-state index in [4.69, 9.17) is 0 Å². The van der Waals surface area contributed by atoms with Crippen LogP contribution in [-0.4, -0.2) is 21.7 Å². The SMILES string of the molecule is Cc1ccc(C(=O)Cc2ccc(F)c(C(F)(F)F)c2)cc1NC(=O)/C=C/c1cncnc1. The third kappa shape index (κ3) is 5.84. The van der Waals surface area contributed by atoms with E-state index in [1.165, 1.54) is 43.0 Å². The van der Waals surface area contributed by atoms with Crippen LogP contribution in [0, 0.1) is 12.7 Å². The number of aryl methyl sites for hydroxylation is 1. The lowest BCUT2D eigenvalue weighted by atomic mass is 9.99. The second kappa shape index (κ2) is 9.51. The van der Waals surface area contributed by atoms with Crippen LogP contribution in [-0.2, 0) is 17.4 Å².